The summed E-state index contributed by atoms with van der Waals surface area (Å²) in [5.41, 5.74) is 15.6. The van der Waals surface area contributed by atoms with E-state index in [1.54, 1.807) is 19.2 Å². The number of nitro groups is 1. The Kier molecular flexibility index (Phi) is 22.3. The second-order valence-corrected chi connectivity index (χ2v) is 12.8. The molecule has 0 saturated heterocycles. The van der Waals surface area contributed by atoms with Crippen molar-refractivity contribution in [1.29, 1.82) is 0 Å². The van der Waals surface area contributed by atoms with Crippen LogP contribution in [0, 0.1) is 24.0 Å². The van der Waals surface area contributed by atoms with Crippen molar-refractivity contribution in [1.82, 2.24) is 29.9 Å². The number of nitrogens with two attached hydrogens (primary N) is 2. The smallest absolute Gasteiger partial charge is 0.353 e. The van der Waals surface area contributed by atoms with Crippen LogP contribution in [0.2, 0.25) is 0 Å². The molecule has 4 N–H and O–H groups in total. The monoisotopic (exact) mass is 825 g/mol. The van der Waals surface area contributed by atoms with Gasteiger partial charge >= 0.3 is 23.7 Å². The number of anilines is 4. The molecule has 0 bridgehead atoms. The number of aryl methyl sites for hydroxylation is 2. The molecule has 5 heterocycles. The van der Waals surface area contributed by atoms with Crippen molar-refractivity contribution in [3.63, 3.8) is 0 Å². The third-order valence-corrected chi connectivity index (χ3v) is 8.17. The number of hydrogen-bond acceptors (Lipinski definition) is 17. The van der Waals surface area contributed by atoms with Crippen molar-refractivity contribution >= 4 is 40.7 Å². The summed E-state index contributed by atoms with van der Waals surface area (Å²) in [6.07, 6.45) is 7.32. The number of ether oxygens (including phenoxy) is 3. The van der Waals surface area contributed by atoms with Gasteiger partial charge < -0.3 is 35.5 Å². The third-order valence-electron chi connectivity index (χ3n) is 8.17. The van der Waals surface area contributed by atoms with E-state index in [1.807, 2.05) is 50.1 Å². The minimum atomic E-state index is -0.675. The zero-order valence-corrected chi connectivity index (χ0v) is 33.4. The van der Waals surface area contributed by atoms with Crippen LogP contribution in [0.15, 0.2) is 36.7 Å². The first-order valence-electron chi connectivity index (χ1n) is 18.5. The van der Waals surface area contributed by atoms with Gasteiger partial charge in [0.05, 0.1) is 38.5 Å². The van der Waals surface area contributed by atoms with E-state index in [0.29, 0.717) is 50.7 Å². The van der Waals surface area contributed by atoms with Crippen LogP contribution in [0.5, 0.6) is 12.0 Å². The van der Waals surface area contributed by atoms with Crippen LogP contribution >= 0.6 is 0 Å². The van der Waals surface area contributed by atoms with Crippen molar-refractivity contribution in [2.24, 2.45) is 0 Å². The quantitative estimate of drug-likeness (QED) is 0.0510. The molecule has 1 aliphatic heterocycles. The lowest BCUT2D eigenvalue weighted by molar-refractivity contribution is -0.383. The highest BCUT2D eigenvalue weighted by Crippen LogP contribution is 2.34. The van der Waals surface area contributed by atoms with Crippen molar-refractivity contribution in [2.75, 3.05) is 61.4 Å². The van der Waals surface area contributed by atoms with Crippen molar-refractivity contribution in [3.05, 3.63) is 74.9 Å². The molecule has 0 spiro atoms. The second-order valence-electron chi connectivity index (χ2n) is 12.8. The molecule has 5 rings (SSSR count). The van der Waals surface area contributed by atoms with Crippen molar-refractivity contribution in [3.8, 4) is 12.0 Å². The van der Waals surface area contributed by atoms with Crippen LogP contribution in [-0.2, 0) is 33.8 Å². The van der Waals surface area contributed by atoms with E-state index in [1.165, 1.54) is 4.90 Å². The van der Waals surface area contributed by atoms with Gasteiger partial charge in [0, 0.05) is 48.9 Å². The minimum Gasteiger partial charge on any atom is -0.465 e. The Labute approximate surface area is 346 Å². The molecular weight excluding hydrogens is 766 g/mol. The Morgan fingerprint density at radius 3 is 1.97 bits per heavy atom. The maximum Gasteiger partial charge on any atom is 0.353 e. The molecule has 324 valence electrons. The van der Waals surface area contributed by atoms with Gasteiger partial charge in [0.2, 0.25) is 11.6 Å². The molecular formula is C40H60FN11O7. The fraction of sp³-hybridized carbons (Fsp3) is 0.500. The lowest BCUT2D eigenvalue weighted by Crippen LogP contribution is -2.36. The van der Waals surface area contributed by atoms with Gasteiger partial charge in [0.15, 0.2) is 5.78 Å². The number of hydrogen-bond donors (Lipinski definition) is 2. The summed E-state index contributed by atoms with van der Waals surface area (Å²) in [6.45, 7) is 11.3. The van der Waals surface area contributed by atoms with Gasteiger partial charge in [-0.3, -0.25) is 34.1 Å². The standard InChI is InChI=1S/C19H26N6O5.C18H23N5O2.CH3F.2CH4/c1-4-6-9-30-19-22-17(20)16(25(27)28)18(23-19)24(12-15(26)29-5-2)11-14-8-7-13(3)21-10-14;1-3-4-7-25-18-21-16(19)15-8-14(24)11-23(17(15)22-18)10-13-6-5-12(2)20-9-13;1-2;;/h7-8,10H,4-6,9,11-12H2,1-3H3,(H2,20,22,23);5-6,9H,3-4,7-8,10-11H2,1-2H3,(H2,19,21,22);1H3;2*1H4. The number of halogens is 1. The number of unbranched alkanes of at least 4 members (excludes halogenated alkanes) is 2. The number of fused-ring (bicyclic) bond motifs is 1. The van der Waals surface area contributed by atoms with Gasteiger partial charge in [-0.15, -0.1) is 0 Å². The van der Waals surface area contributed by atoms with Crippen LogP contribution in [0.25, 0.3) is 0 Å². The van der Waals surface area contributed by atoms with Crippen LogP contribution in [0.1, 0.15) is 89.4 Å². The molecule has 0 radical (unpaired) electrons. The molecule has 0 fully saturated rings. The number of nitrogen functional groups attached to an aromatic ring is 2. The van der Waals surface area contributed by atoms with Gasteiger partial charge in [0.1, 0.15) is 18.2 Å². The third kappa shape index (κ3) is 15.5. The van der Waals surface area contributed by atoms with E-state index in [4.69, 9.17) is 25.7 Å². The molecule has 19 heteroatoms. The number of alkyl halides is 1. The number of carbonyl (C=O) groups excluding carboxylic acids is 2. The molecule has 0 unspecified atom stereocenters. The molecule has 0 saturated carbocycles. The lowest BCUT2D eigenvalue weighted by atomic mass is 10.0. The number of aromatic nitrogens is 6. The van der Waals surface area contributed by atoms with E-state index < -0.39 is 16.6 Å². The summed E-state index contributed by atoms with van der Waals surface area (Å²) in [5.74, 6) is 0.0794. The Morgan fingerprint density at radius 2 is 1.44 bits per heavy atom. The van der Waals surface area contributed by atoms with Gasteiger partial charge in [-0.25, -0.2) is 0 Å². The molecule has 4 aromatic rings. The minimum absolute atomic E-state index is 0. The van der Waals surface area contributed by atoms with Gasteiger partial charge in [-0.2, -0.15) is 19.9 Å². The number of carbonyl (C=O) groups is 2. The van der Waals surface area contributed by atoms with E-state index in [0.717, 1.165) is 48.2 Å². The highest BCUT2D eigenvalue weighted by molar-refractivity contribution is 5.91. The largest absolute Gasteiger partial charge is 0.465 e. The topological polar surface area (TPSA) is 241 Å². The normalized spacial score (nSPS) is 11.2. The predicted octanol–water partition coefficient (Wildman–Crippen LogP) is 6.35. The Morgan fingerprint density at radius 1 is 0.881 bits per heavy atom. The number of nitrogens with zero attached hydrogens (tertiary/aromatic N) is 9. The predicted molar refractivity (Wildman–Crippen MR) is 226 cm³/mol. The summed E-state index contributed by atoms with van der Waals surface area (Å²) in [6, 6.07) is 7.76. The molecule has 0 aromatic carbocycles. The molecule has 4 aromatic heterocycles. The lowest BCUT2D eigenvalue weighted by Gasteiger charge is -2.29. The van der Waals surface area contributed by atoms with Crippen molar-refractivity contribution < 1.29 is 33.1 Å². The highest BCUT2D eigenvalue weighted by atomic mass is 19.1. The van der Waals surface area contributed by atoms with E-state index in [2.05, 4.69) is 36.8 Å². The van der Waals surface area contributed by atoms with E-state index in [9.17, 15) is 24.1 Å². The average molecular weight is 826 g/mol. The zero-order chi connectivity index (χ0) is 41.9. The molecule has 1 aliphatic rings. The van der Waals surface area contributed by atoms with Gasteiger partial charge in [0.25, 0.3) is 0 Å². The number of ketones is 1. The fourth-order valence-electron chi connectivity index (χ4n) is 5.34. The number of pyridine rings is 2. The summed E-state index contributed by atoms with van der Waals surface area (Å²) >= 11 is 0. The maximum atomic E-state index is 12.2. The zero-order valence-electron chi connectivity index (χ0n) is 33.4. The number of esters is 1. The fourth-order valence-corrected chi connectivity index (χ4v) is 5.34. The molecule has 0 amide bonds. The number of Topliss-reactive ketones (excluding diaryl/α,β-unsaturated/α-hetero) is 1. The average Bonchev–Trinajstić information content (AvgIpc) is 3.18. The van der Waals surface area contributed by atoms with Crippen LogP contribution < -0.4 is 30.7 Å². The van der Waals surface area contributed by atoms with E-state index >= 15 is 0 Å². The Balaban J connectivity index is 0.000000555. The van der Waals surface area contributed by atoms with Crippen molar-refractivity contribution in [2.45, 2.75) is 94.7 Å². The SMILES string of the molecule is C.C.CCCCOc1nc(N)c([N+](=O)[O-])c(N(CC(=O)OCC)Cc2ccc(C)nc2)n1.CCCCOc1nc(N)c2c(n1)N(Cc1ccc(C)nc1)CC(=O)C2.CF. The summed E-state index contributed by atoms with van der Waals surface area (Å²) < 4.78 is 25.6. The van der Waals surface area contributed by atoms with Crippen LogP contribution in [-0.4, -0.2) is 86.7 Å². The van der Waals surface area contributed by atoms with Gasteiger partial charge in [-0.1, -0.05) is 53.7 Å². The Hall–Kier alpha value is -6.27. The summed E-state index contributed by atoms with van der Waals surface area (Å²) in [4.78, 5) is 64.0. The number of rotatable bonds is 17. The molecule has 59 heavy (non-hydrogen) atoms. The Bertz CT molecular complexity index is 1920. The molecule has 0 atom stereocenters. The van der Waals surface area contributed by atoms with Gasteiger partial charge in [-0.05, 0) is 56.9 Å². The van der Waals surface area contributed by atoms with Crippen LogP contribution in [0.4, 0.5) is 33.3 Å². The summed E-state index contributed by atoms with van der Waals surface area (Å²) in [5, 5.41) is 11.7. The summed E-state index contributed by atoms with van der Waals surface area (Å²) in [7, 11) is 0.500. The first-order chi connectivity index (χ1) is 27.4. The highest BCUT2D eigenvalue weighted by Gasteiger charge is 2.30. The maximum absolute atomic E-state index is 12.2. The molecule has 0 aliphatic carbocycles. The van der Waals surface area contributed by atoms with Crippen LogP contribution in [0.3, 0.4) is 0 Å². The first-order valence-corrected chi connectivity index (χ1v) is 18.5. The second kappa shape index (κ2) is 25.9. The van der Waals surface area contributed by atoms with E-state index in [-0.39, 0.29) is 70.4 Å². The molecule has 18 nitrogen and oxygen atoms in total. The first kappa shape index (κ1) is 50.7.